The van der Waals surface area contributed by atoms with E-state index in [1.54, 1.807) is 0 Å². The van der Waals surface area contributed by atoms with Gasteiger partial charge in [-0.15, -0.1) is 0 Å². The molecule has 0 aliphatic heterocycles. The Kier molecular flexibility index (Phi) is 5.50. The van der Waals surface area contributed by atoms with Gasteiger partial charge in [0.2, 0.25) is 0 Å². The van der Waals surface area contributed by atoms with E-state index in [1.807, 2.05) is 13.8 Å². The summed E-state index contributed by atoms with van der Waals surface area (Å²) >= 11 is 0. The third-order valence-electron chi connectivity index (χ3n) is 3.48. The maximum Gasteiger partial charge on any atom is 0.139 e. The molecule has 0 saturated heterocycles. The van der Waals surface area contributed by atoms with Gasteiger partial charge in [-0.25, -0.2) is 0 Å². The predicted octanol–water partition coefficient (Wildman–Crippen LogP) is 3.16. The number of carbonyl (C=O) groups is 1. The van der Waals surface area contributed by atoms with E-state index in [4.69, 9.17) is 0 Å². The maximum atomic E-state index is 11.8. The van der Waals surface area contributed by atoms with Crippen molar-refractivity contribution >= 4 is 5.78 Å². The first-order chi connectivity index (χ1) is 6.75. The minimum atomic E-state index is -0.155. The molecular formula is C13H27NO. The molecule has 0 radical (unpaired) electrons. The second-order valence-corrected chi connectivity index (χ2v) is 5.57. The lowest BCUT2D eigenvalue weighted by Crippen LogP contribution is -2.40. The van der Waals surface area contributed by atoms with E-state index in [1.165, 1.54) is 0 Å². The molecule has 0 heterocycles. The van der Waals surface area contributed by atoms with Crippen molar-refractivity contribution in [3.05, 3.63) is 0 Å². The van der Waals surface area contributed by atoms with Crippen LogP contribution in [0.25, 0.3) is 0 Å². The SMILES string of the molecule is CCC(C)(C)NCCC(=O)C(C)(C)CC. The van der Waals surface area contributed by atoms with E-state index >= 15 is 0 Å². The quantitative estimate of drug-likeness (QED) is 0.704. The van der Waals surface area contributed by atoms with Gasteiger partial charge in [0.1, 0.15) is 5.78 Å². The normalized spacial score (nSPS) is 12.9. The van der Waals surface area contributed by atoms with Crippen molar-refractivity contribution in [3.8, 4) is 0 Å². The molecule has 0 spiro atoms. The fraction of sp³-hybridized carbons (Fsp3) is 0.923. The van der Waals surface area contributed by atoms with Gasteiger partial charge < -0.3 is 5.32 Å². The van der Waals surface area contributed by atoms with Crippen LogP contribution in [0.4, 0.5) is 0 Å². The second kappa shape index (κ2) is 5.64. The van der Waals surface area contributed by atoms with Gasteiger partial charge in [0.15, 0.2) is 0 Å². The molecule has 0 unspecified atom stereocenters. The molecule has 0 aromatic rings. The van der Waals surface area contributed by atoms with Gasteiger partial charge in [0, 0.05) is 23.9 Å². The Labute approximate surface area is 94.8 Å². The van der Waals surface area contributed by atoms with Crippen LogP contribution < -0.4 is 5.32 Å². The lowest BCUT2D eigenvalue weighted by atomic mass is 9.84. The number of hydrogen-bond acceptors (Lipinski definition) is 2. The average Bonchev–Trinajstić information content (AvgIpc) is 2.17. The van der Waals surface area contributed by atoms with Gasteiger partial charge in [0.05, 0.1) is 0 Å². The highest BCUT2D eigenvalue weighted by Gasteiger charge is 2.24. The number of hydrogen-bond donors (Lipinski definition) is 1. The molecule has 0 aliphatic rings. The molecule has 2 heteroatoms. The largest absolute Gasteiger partial charge is 0.311 e. The highest BCUT2D eigenvalue weighted by atomic mass is 16.1. The molecule has 0 aliphatic carbocycles. The highest BCUT2D eigenvalue weighted by molar-refractivity contribution is 5.84. The van der Waals surface area contributed by atoms with Crippen molar-refractivity contribution in [2.24, 2.45) is 5.41 Å². The molecule has 2 nitrogen and oxygen atoms in total. The summed E-state index contributed by atoms with van der Waals surface area (Å²) in [5.74, 6) is 0.365. The van der Waals surface area contributed by atoms with E-state index in [2.05, 4.69) is 33.0 Å². The Balaban J connectivity index is 3.93. The number of carbonyl (C=O) groups excluding carboxylic acids is 1. The lowest BCUT2D eigenvalue weighted by Gasteiger charge is -2.26. The van der Waals surface area contributed by atoms with Crippen LogP contribution in [-0.2, 0) is 4.79 Å². The average molecular weight is 213 g/mol. The maximum absolute atomic E-state index is 11.8. The lowest BCUT2D eigenvalue weighted by molar-refractivity contribution is -0.127. The molecular weight excluding hydrogens is 186 g/mol. The zero-order chi connectivity index (χ0) is 12.1. The predicted molar refractivity (Wildman–Crippen MR) is 66.1 cm³/mol. The summed E-state index contributed by atoms with van der Waals surface area (Å²) in [7, 11) is 0. The summed E-state index contributed by atoms with van der Waals surface area (Å²) in [4.78, 5) is 11.8. The van der Waals surface area contributed by atoms with Crippen molar-refractivity contribution < 1.29 is 4.79 Å². The first-order valence-corrected chi connectivity index (χ1v) is 6.03. The highest BCUT2D eigenvalue weighted by Crippen LogP contribution is 2.22. The standard InChI is InChI=1S/C13H27NO/c1-7-12(3,4)11(15)9-10-14-13(5,6)8-2/h14H,7-10H2,1-6H3. The van der Waals surface area contributed by atoms with Gasteiger partial charge in [-0.2, -0.15) is 0 Å². The molecule has 0 aromatic heterocycles. The first-order valence-electron chi connectivity index (χ1n) is 6.03. The molecule has 0 bridgehead atoms. The summed E-state index contributed by atoms with van der Waals surface area (Å²) in [6, 6.07) is 0. The van der Waals surface area contributed by atoms with Crippen LogP contribution in [0.5, 0.6) is 0 Å². The fourth-order valence-corrected chi connectivity index (χ4v) is 1.17. The summed E-state index contributed by atoms with van der Waals surface area (Å²) in [6.45, 7) is 13.4. The summed E-state index contributed by atoms with van der Waals surface area (Å²) in [5, 5.41) is 3.41. The Hall–Kier alpha value is -0.370. The van der Waals surface area contributed by atoms with E-state index < -0.39 is 0 Å². The Morgan fingerprint density at radius 2 is 1.60 bits per heavy atom. The molecule has 1 N–H and O–H groups in total. The van der Waals surface area contributed by atoms with Crippen LogP contribution in [0.2, 0.25) is 0 Å². The molecule has 90 valence electrons. The zero-order valence-corrected chi connectivity index (χ0v) is 11.2. The Morgan fingerprint density at radius 3 is 2.00 bits per heavy atom. The third-order valence-corrected chi connectivity index (χ3v) is 3.48. The van der Waals surface area contributed by atoms with Gasteiger partial charge in [-0.1, -0.05) is 27.7 Å². The van der Waals surface area contributed by atoms with E-state index in [0.717, 1.165) is 19.4 Å². The summed E-state index contributed by atoms with van der Waals surface area (Å²) in [5.41, 5.74) is -0.00528. The van der Waals surface area contributed by atoms with E-state index in [0.29, 0.717) is 12.2 Å². The monoisotopic (exact) mass is 213 g/mol. The molecule has 0 saturated carbocycles. The van der Waals surface area contributed by atoms with Gasteiger partial charge in [-0.3, -0.25) is 4.79 Å². The topological polar surface area (TPSA) is 29.1 Å². The Bertz CT molecular complexity index is 207. The fourth-order valence-electron chi connectivity index (χ4n) is 1.17. The van der Waals surface area contributed by atoms with Crippen LogP contribution in [0, 0.1) is 5.41 Å². The van der Waals surface area contributed by atoms with Crippen molar-refractivity contribution in [1.82, 2.24) is 5.32 Å². The molecule has 0 aromatic carbocycles. The van der Waals surface area contributed by atoms with Crippen molar-refractivity contribution in [2.45, 2.75) is 66.3 Å². The minimum Gasteiger partial charge on any atom is -0.311 e. The molecule has 0 amide bonds. The third kappa shape index (κ3) is 5.31. The van der Waals surface area contributed by atoms with Crippen LogP contribution in [0.15, 0.2) is 0 Å². The molecule has 15 heavy (non-hydrogen) atoms. The molecule has 0 atom stereocenters. The summed E-state index contributed by atoms with van der Waals surface area (Å²) in [6.07, 6.45) is 2.64. The number of rotatable bonds is 7. The number of nitrogens with one attached hydrogen (secondary N) is 1. The Morgan fingerprint density at radius 1 is 1.07 bits per heavy atom. The van der Waals surface area contributed by atoms with Crippen molar-refractivity contribution in [3.63, 3.8) is 0 Å². The smallest absolute Gasteiger partial charge is 0.139 e. The molecule has 0 fully saturated rings. The van der Waals surface area contributed by atoms with Gasteiger partial charge in [-0.05, 0) is 26.7 Å². The summed E-state index contributed by atoms with van der Waals surface area (Å²) < 4.78 is 0. The van der Waals surface area contributed by atoms with Crippen LogP contribution >= 0.6 is 0 Å². The second-order valence-electron chi connectivity index (χ2n) is 5.57. The minimum absolute atomic E-state index is 0.149. The van der Waals surface area contributed by atoms with Crippen LogP contribution in [-0.4, -0.2) is 17.9 Å². The van der Waals surface area contributed by atoms with Crippen molar-refractivity contribution in [1.29, 1.82) is 0 Å². The van der Waals surface area contributed by atoms with Crippen LogP contribution in [0.3, 0.4) is 0 Å². The van der Waals surface area contributed by atoms with Gasteiger partial charge in [0.25, 0.3) is 0 Å². The first kappa shape index (κ1) is 14.6. The van der Waals surface area contributed by atoms with Crippen LogP contribution in [0.1, 0.15) is 60.8 Å². The van der Waals surface area contributed by atoms with Crippen molar-refractivity contribution in [2.75, 3.05) is 6.54 Å². The zero-order valence-electron chi connectivity index (χ0n) is 11.2. The van der Waals surface area contributed by atoms with E-state index in [-0.39, 0.29) is 11.0 Å². The number of Topliss-reactive ketones (excluding diaryl/α,β-unsaturated/α-hetero) is 1. The van der Waals surface area contributed by atoms with Gasteiger partial charge >= 0.3 is 0 Å². The molecule has 0 rings (SSSR count). The van der Waals surface area contributed by atoms with E-state index in [9.17, 15) is 4.79 Å². The number of ketones is 1.